The highest BCUT2D eigenvalue weighted by molar-refractivity contribution is 7.10. The van der Waals surface area contributed by atoms with Gasteiger partial charge in [-0.3, -0.25) is 4.79 Å². The van der Waals surface area contributed by atoms with Gasteiger partial charge in [0.1, 0.15) is 0 Å². The largest absolute Gasteiger partial charge is 0.493 e. The molecule has 1 amide bonds. The second kappa shape index (κ2) is 10.8. The smallest absolute Gasteiger partial charge is 0.221 e. The van der Waals surface area contributed by atoms with Crippen molar-refractivity contribution in [3.63, 3.8) is 0 Å². The van der Waals surface area contributed by atoms with E-state index in [9.17, 15) is 4.79 Å². The number of methoxy groups -OCH3 is 3. The number of hydrogen-bond acceptors (Lipinski definition) is 5. The summed E-state index contributed by atoms with van der Waals surface area (Å²) in [7, 11) is 4.77. The highest BCUT2D eigenvalue weighted by atomic mass is 32.1. The van der Waals surface area contributed by atoms with Crippen molar-refractivity contribution >= 4 is 17.2 Å². The molecule has 0 aliphatic heterocycles. The molecule has 6 heteroatoms. The second-order valence-corrected chi connectivity index (χ2v) is 9.26. The number of aryl methyl sites for hydroxylation is 3. The summed E-state index contributed by atoms with van der Waals surface area (Å²) in [6, 6.07) is 14.5. The van der Waals surface area contributed by atoms with E-state index in [-0.39, 0.29) is 11.9 Å². The fraction of sp³-hybridized carbons (Fsp3) is 0.370. The number of amides is 1. The molecule has 1 heterocycles. The monoisotopic (exact) mass is 465 g/mol. The Bertz CT molecular complexity index is 1070. The average molecular weight is 466 g/mol. The van der Waals surface area contributed by atoms with E-state index in [2.05, 4.69) is 35.0 Å². The minimum absolute atomic E-state index is 0.0138. The first-order valence-corrected chi connectivity index (χ1v) is 12.2. The number of nitrogens with one attached hydrogen (secondary N) is 1. The Morgan fingerprint density at radius 1 is 0.970 bits per heavy atom. The summed E-state index contributed by atoms with van der Waals surface area (Å²) in [6.45, 7) is 0. The minimum Gasteiger partial charge on any atom is -0.493 e. The Morgan fingerprint density at radius 2 is 1.70 bits per heavy atom. The molecule has 0 spiro atoms. The molecule has 1 N–H and O–H groups in total. The normalized spacial score (nSPS) is 13.7. The van der Waals surface area contributed by atoms with Gasteiger partial charge in [-0.2, -0.15) is 0 Å². The Labute approximate surface area is 199 Å². The third kappa shape index (κ3) is 5.33. The summed E-state index contributed by atoms with van der Waals surface area (Å²) >= 11 is 1.67. The van der Waals surface area contributed by atoms with Gasteiger partial charge in [0.2, 0.25) is 11.7 Å². The van der Waals surface area contributed by atoms with Crippen LogP contribution in [-0.2, 0) is 24.1 Å². The van der Waals surface area contributed by atoms with Gasteiger partial charge in [0, 0.05) is 11.3 Å². The average Bonchev–Trinajstić information content (AvgIpc) is 3.39. The highest BCUT2D eigenvalue weighted by Crippen LogP contribution is 2.38. The first-order chi connectivity index (χ1) is 16.1. The van der Waals surface area contributed by atoms with Crippen molar-refractivity contribution in [2.45, 2.75) is 44.6 Å². The molecule has 1 atom stereocenters. The predicted molar refractivity (Wildman–Crippen MR) is 132 cm³/mol. The van der Waals surface area contributed by atoms with E-state index in [1.165, 1.54) is 24.0 Å². The van der Waals surface area contributed by atoms with Crippen LogP contribution in [-0.4, -0.2) is 27.2 Å². The number of carbonyl (C=O) groups is 1. The number of fused-ring (bicyclic) bond motifs is 1. The van der Waals surface area contributed by atoms with Gasteiger partial charge in [-0.25, -0.2) is 0 Å². The summed E-state index contributed by atoms with van der Waals surface area (Å²) in [5, 5.41) is 5.34. The van der Waals surface area contributed by atoms with Crippen molar-refractivity contribution in [3.05, 3.63) is 75.0 Å². The minimum atomic E-state index is -0.135. The molecule has 3 aromatic rings. The van der Waals surface area contributed by atoms with Crippen LogP contribution >= 0.6 is 11.3 Å². The lowest BCUT2D eigenvalue weighted by atomic mass is 9.89. The molecule has 0 radical (unpaired) electrons. The second-order valence-electron chi connectivity index (χ2n) is 8.28. The molecule has 1 aromatic heterocycles. The topological polar surface area (TPSA) is 56.8 Å². The maximum atomic E-state index is 13.0. The molecule has 5 nitrogen and oxygen atoms in total. The number of thiophene rings is 1. The van der Waals surface area contributed by atoms with Crippen molar-refractivity contribution < 1.29 is 19.0 Å². The zero-order chi connectivity index (χ0) is 23.2. The van der Waals surface area contributed by atoms with E-state index >= 15 is 0 Å². The van der Waals surface area contributed by atoms with Gasteiger partial charge in [-0.1, -0.05) is 24.3 Å². The maximum absolute atomic E-state index is 13.0. The summed E-state index contributed by atoms with van der Waals surface area (Å²) < 4.78 is 16.3. The summed E-state index contributed by atoms with van der Waals surface area (Å²) in [4.78, 5) is 14.2. The molecule has 33 heavy (non-hydrogen) atoms. The first-order valence-electron chi connectivity index (χ1n) is 11.4. The van der Waals surface area contributed by atoms with Crippen molar-refractivity contribution in [1.82, 2.24) is 5.32 Å². The predicted octanol–water partition coefficient (Wildman–Crippen LogP) is 5.49. The molecular formula is C27H31NO4S. The SMILES string of the molecule is COc1cc(CCC(=O)NC(c2ccc3c(c2)CCCC3)c2cccs2)cc(OC)c1OC. The number of hydrogen-bond donors (Lipinski definition) is 1. The van der Waals surface area contributed by atoms with Crippen LogP contribution in [0.1, 0.15) is 52.4 Å². The van der Waals surface area contributed by atoms with Crippen LogP contribution in [0, 0.1) is 0 Å². The number of ether oxygens (including phenoxy) is 3. The molecule has 0 saturated carbocycles. The van der Waals surface area contributed by atoms with Gasteiger partial charge < -0.3 is 19.5 Å². The van der Waals surface area contributed by atoms with Crippen LogP contribution in [0.3, 0.4) is 0 Å². The van der Waals surface area contributed by atoms with Crippen LogP contribution in [0.4, 0.5) is 0 Å². The van der Waals surface area contributed by atoms with Crippen LogP contribution in [0.25, 0.3) is 0 Å². The van der Waals surface area contributed by atoms with E-state index in [4.69, 9.17) is 14.2 Å². The number of benzene rings is 2. The highest BCUT2D eigenvalue weighted by Gasteiger charge is 2.21. The summed E-state index contributed by atoms with van der Waals surface area (Å²) in [5.41, 5.74) is 4.98. The first kappa shape index (κ1) is 23.2. The Morgan fingerprint density at radius 3 is 2.33 bits per heavy atom. The lowest BCUT2D eigenvalue weighted by Crippen LogP contribution is -2.29. The van der Waals surface area contributed by atoms with E-state index in [0.717, 1.165) is 28.8 Å². The van der Waals surface area contributed by atoms with Crippen LogP contribution in [0.5, 0.6) is 17.2 Å². The lowest BCUT2D eigenvalue weighted by molar-refractivity contribution is -0.121. The van der Waals surface area contributed by atoms with Crippen molar-refractivity contribution in [1.29, 1.82) is 0 Å². The molecule has 4 rings (SSSR count). The van der Waals surface area contributed by atoms with Gasteiger partial charge in [0.05, 0.1) is 27.4 Å². The molecule has 0 fully saturated rings. The van der Waals surface area contributed by atoms with E-state index < -0.39 is 0 Å². The molecular weight excluding hydrogens is 434 g/mol. The van der Waals surface area contributed by atoms with Gasteiger partial charge in [0.25, 0.3) is 0 Å². The third-order valence-electron chi connectivity index (χ3n) is 6.20. The molecule has 1 unspecified atom stereocenters. The molecule has 0 saturated heterocycles. The van der Waals surface area contributed by atoms with E-state index in [0.29, 0.717) is 30.1 Å². The number of rotatable bonds is 9. The Hall–Kier alpha value is -2.99. The van der Waals surface area contributed by atoms with Crippen molar-refractivity contribution in [3.8, 4) is 17.2 Å². The molecule has 1 aliphatic rings. The molecule has 174 valence electrons. The van der Waals surface area contributed by atoms with Crippen LogP contribution < -0.4 is 19.5 Å². The standard InChI is InChI=1S/C27H31NO4S/c1-30-22-15-18(16-23(31-2)27(22)32-3)10-13-25(29)28-26(24-9-6-14-33-24)21-12-11-19-7-4-5-8-20(19)17-21/h6,9,11-12,14-17,26H,4-5,7-8,10,13H2,1-3H3,(H,28,29). The zero-order valence-corrected chi connectivity index (χ0v) is 20.3. The Balaban J connectivity index is 1.50. The van der Waals surface area contributed by atoms with Crippen LogP contribution in [0.15, 0.2) is 47.8 Å². The zero-order valence-electron chi connectivity index (χ0n) is 19.5. The fourth-order valence-corrected chi connectivity index (χ4v) is 5.28. The fourth-order valence-electron chi connectivity index (χ4n) is 4.48. The third-order valence-corrected chi connectivity index (χ3v) is 7.14. The lowest BCUT2D eigenvalue weighted by Gasteiger charge is -2.22. The van der Waals surface area contributed by atoms with E-state index in [1.54, 1.807) is 32.7 Å². The maximum Gasteiger partial charge on any atom is 0.221 e. The van der Waals surface area contributed by atoms with Crippen molar-refractivity contribution in [2.75, 3.05) is 21.3 Å². The van der Waals surface area contributed by atoms with Gasteiger partial charge in [-0.05, 0) is 77.9 Å². The molecule has 0 bridgehead atoms. The van der Waals surface area contributed by atoms with Gasteiger partial charge in [-0.15, -0.1) is 11.3 Å². The quantitative estimate of drug-likeness (QED) is 0.454. The Kier molecular flexibility index (Phi) is 7.55. The van der Waals surface area contributed by atoms with Crippen LogP contribution in [0.2, 0.25) is 0 Å². The van der Waals surface area contributed by atoms with E-state index in [1.807, 2.05) is 18.2 Å². The number of carbonyl (C=O) groups excluding carboxylic acids is 1. The van der Waals surface area contributed by atoms with Crippen molar-refractivity contribution in [2.24, 2.45) is 0 Å². The van der Waals surface area contributed by atoms with Gasteiger partial charge in [0.15, 0.2) is 11.5 Å². The molecule has 2 aromatic carbocycles. The molecule has 1 aliphatic carbocycles. The summed E-state index contributed by atoms with van der Waals surface area (Å²) in [6.07, 6.45) is 5.71. The summed E-state index contributed by atoms with van der Waals surface area (Å²) in [5.74, 6) is 1.76. The van der Waals surface area contributed by atoms with Gasteiger partial charge >= 0.3 is 0 Å².